The molecule has 0 saturated heterocycles. The summed E-state index contributed by atoms with van der Waals surface area (Å²) in [5.41, 5.74) is 1.69. The largest absolute Gasteiger partial charge is 0.506 e. The van der Waals surface area contributed by atoms with Gasteiger partial charge in [0.25, 0.3) is 0 Å². The molecular formula is C19H15N3O. The molecule has 0 aliphatic heterocycles. The summed E-state index contributed by atoms with van der Waals surface area (Å²) in [6.07, 6.45) is 3.49. The first-order valence-corrected chi connectivity index (χ1v) is 7.46. The summed E-state index contributed by atoms with van der Waals surface area (Å²) in [5, 5.41) is 16.5. The maximum atomic E-state index is 9.93. The Kier molecular flexibility index (Phi) is 3.27. The number of hydrogen-bond donors (Lipinski definition) is 2. The molecule has 23 heavy (non-hydrogen) atoms. The minimum absolute atomic E-state index is 0.202. The van der Waals surface area contributed by atoms with Gasteiger partial charge in [-0.3, -0.25) is 4.98 Å². The van der Waals surface area contributed by atoms with Crippen LogP contribution in [0.1, 0.15) is 5.56 Å². The summed E-state index contributed by atoms with van der Waals surface area (Å²) >= 11 is 0. The van der Waals surface area contributed by atoms with E-state index >= 15 is 0 Å². The van der Waals surface area contributed by atoms with Gasteiger partial charge in [0, 0.05) is 29.7 Å². The van der Waals surface area contributed by atoms with E-state index < -0.39 is 0 Å². The maximum Gasteiger partial charge on any atom is 0.141 e. The van der Waals surface area contributed by atoms with Crippen LogP contribution in [0.25, 0.3) is 21.7 Å². The van der Waals surface area contributed by atoms with E-state index in [1.165, 1.54) is 0 Å². The van der Waals surface area contributed by atoms with Crippen LogP contribution in [0.15, 0.2) is 67.0 Å². The number of benzene rings is 2. The average molecular weight is 301 g/mol. The van der Waals surface area contributed by atoms with Gasteiger partial charge in [0.05, 0.1) is 0 Å². The molecule has 2 aromatic carbocycles. The second-order valence-electron chi connectivity index (χ2n) is 5.38. The van der Waals surface area contributed by atoms with Gasteiger partial charge < -0.3 is 10.4 Å². The Morgan fingerprint density at radius 3 is 2.65 bits per heavy atom. The van der Waals surface area contributed by atoms with Crippen LogP contribution in [0.5, 0.6) is 5.75 Å². The fourth-order valence-corrected chi connectivity index (χ4v) is 2.81. The highest BCUT2D eigenvalue weighted by molar-refractivity contribution is 5.92. The highest BCUT2D eigenvalue weighted by Crippen LogP contribution is 2.27. The second kappa shape index (κ2) is 5.57. The lowest BCUT2D eigenvalue weighted by molar-refractivity contribution is 0.480. The van der Waals surface area contributed by atoms with Gasteiger partial charge in [0.1, 0.15) is 17.1 Å². The van der Waals surface area contributed by atoms with Gasteiger partial charge in [-0.1, -0.05) is 36.4 Å². The van der Waals surface area contributed by atoms with Crippen LogP contribution in [-0.2, 0) is 6.54 Å². The van der Waals surface area contributed by atoms with Gasteiger partial charge in [-0.2, -0.15) is 0 Å². The Balaban J connectivity index is 1.71. The van der Waals surface area contributed by atoms with Crippen molar-refractivity contribution in [2.45, 2.75) is 6.54 Å². The van der Waals surface area contributed by atoms with Crippen LogP contribution in [0.4, 0.5) is 5.82 Å². The van der Waals surface area contributed by atoms with Crippen molar-refractivity contribution < 1.29 is 5.11 Å². The molecule has 2 aromatic heterocycles. The first-order chi connectivity index (χ1) is 11.3. The third kappa shape index (κ3) is 2.44. The van der Waals surface area contributed by atoms with Crippen molar-refractivity contribution in [1.29, 1.82) is 0 Å². The van der Waals surface area contributed by atoms with Gasteiger partial charge in [0.2, 0.25) is 0 Å². The van der Waals surface area contributed by atoms with Gasteiger partial charge in [-0.15, -0.1) is 0 Å². The average Bonchev–Trinajstić information content (AvgIpc) is 2.61. The highest BCUT2D eigenvalue weighted by Gasteiger charge is 2.07. The van der Waals surface area contributed by atoms with Crippen molar-refractivity contribution in [2.24, 2.45) is 0 Å². The van der Waals surface area contributed by atoms with Gasteiger partial charge in [-0.25, -0.2) is 4.98 Å². The van der Waals surface area contributed by atoms with Crippen LogP contribution in [-0.4, -0.2) is 15.1 Å². The Labute approximate surface area is 133 Å². The van der Waals surface area contributed by atoms with E-state index in [0.29, 0.717) is 12.1 Å². The van der Waals surface area contributed by atoms with Crippen molar-refractivity contribution in [3.05, 3.63) is 72.6 Å². The molecule has 4 aromatic rings. The zero-order valence-electron chi connectivity index (χ0n) is 12.4. The van der Waals surface area contributed by atoms with Crippen LogP contribution in [0, 0.1) is 0 Å². The molecule has 0 aliphatic carbocycles. The lowest BCUT2D eigenvalue weighted by Crippen LogP contribution is -2.02. The van der Waals surface area contributed by atoms with Crippen molar-refractivity contribution in [1.82, 2.24) is 9.97 Å². The number of nitrogens with zero attached hydrogens (tertiary/aromatic N) is 2. The molecule has 0 unspecified atom stereocenters. The van der Waals surface area contributed by atoms with Crippen molar-refractivity contribution in [3.63, 3.8) is 0 Å². The maximum absolute atomic E-state index is 9.93. The summed E-state index contributed by atoms with van der Waals surface area (Å²) in [5.74, 6) is 1.06. The molecule has 0 radical (unpaired) electrons. The molecule has 0 aliphatic rings. The van der Waals surface area contributed by atoms with E-state index in [4.69, 9.17) is 0 Å². The fourth-order valence-electron chi connectivity index (χ4n) is 2.81. The number of phenolic OH excluding ortho intramolecular Hbond substituents is 1. The summed E-state index contributed by atoms with van der Waals surface area (Å²) in [4.78, 5) is 8.70. The first-order valence-electron chi connectivity index (χ1n) is 7.46. The molecule has 2 N–H and O–H groups in total. The predicted molar refractivity (Wildman–Crippen MR) is 92.5 cm³/mol. The minimum Gasteiger partial charge on any atom is -0.506 e. The van der Waals surface area contributed by atoms with E-state index in [-0.39, 0.29) is 5.75 Å². The zero-order valence-corrected chi connectivity index (χ0v) is 12.4. The number of nitrogens with one attached hydrogen (secondary N) is 1. The Morgan fingerprint density at radius 1 is 0.826 bits per heavy atom. The molecule has 0 spiro atoms. The lowest BCUT2D eigenvalue weighted by atomic mass is 10.1. The molecule has 0 bridgehead atoms. The minimum atomic E-state index is 0.202. The third-order valence-corrected chi connectivity index (χ3v) is 3.96. The number of aromatic nitrogens is 2. The van der Waals surface area contributed by atoms with Crippen LogP contribution in [0.3, 0.4) is 0 Å². The monoisotopic (exact) mass is 301 g/mol. The van der Waals surface area contributed by atoms with E-state index in [1.54, 1.807) is 18.5 Å². The third-order valence-electron chi connectivity index (χ3n) is 3.96. The van der Waals surface area contributed by atoms with Crippen molar-refractivity contribution >= 4 is 27.5 Å². The van der Waals surface area contributed by atoms with Crippen molar-refractivity contribution in [2.75, 3.05) is 5.32 Å². The summed E-state index contributed by atoms with van der Waals surface area (Å²) in [6.45, 7) is 0.615. The first kappa shape index (κ1) is 13.5. The highest BCUT2D eigenvalue weighted by atomic mass is 16.3. The number of phenols is 1. The van der Waals surface area contributed by atoms with E-state index in [9.17, 15) is 5.11 Å². The predicted octanol–water partition coefficient (Wildman–Crippen LogP) is 4.10. The molecule has 0 amide bonds. The van der Waals surface area contributed by atoms with Crippen molar-refractivity contribution in [3.8, 4) is 5.75 Å². The zero-order chi connectivity index (χ0) is 15.6. The number of hydrogen-bond acceptors (Lipinski definition) is 4. The number of aromatic hydroxyl groups is 1. The Bertz CT molecular complexity index is 993. The van der Waals surface area contributed by atoms with E-state index in [2.05, 4.69) is 27.4 Å². The number of rotatable bonds is 3. The van der Waals surface area contributed by atoms with E-state index in [0.717, 1.165) is 27.5 Å². The molecular weight excluding hydrogens is 286 g/mol. The number of anilines is 1. The van der Waals surface area contributed by atoms with Gasteiger partial charge >= 0.3 is 0 Å². The molecule has 0 saturated carbocycles. The van der Waals surface area contributed by atoms with Crippen LogP contribution < -0.4 is 5.32 Å². The quantitative estimate of drug-likeness (QED) is 0.598. The topological polar surface area (TPSA) is 58.0 Å². The van der Waals surface area contributed by atoms with Gasteiger partial charge in [-0.05, 0) is 29.1 Å². The lowest BCUT2D eigenvalue weighted by Gasteiger charge is -2.11. The Hall–Kier alpha value is -3.14. The molecule has 0 atom stereocenters. The normalized spacial score (nSPS) is 11.0. The fraction of sp³-hybridized carbons (Fsp3) is 0.0526. The smallest absolute Gasteiger partial charge is 0.141 e. The summed E-state index contributed by atoms with van der Waals surface area (Å²) in [6, 6.07) is 17.6. The van der Waals surface area contributed by atoms with Gasteiger partial charge in [0.15, 0.2) is 0 Å². The van der Waals surface area contributed by atoms with E-state index in [1.807, 2.05) is 36.4 Å². The molecule has 4 nitrogen and oxygen atoms in total. The summed E-state index contributed by atoms with van der Waals surface area (Å²) < 4.78 is 0. The van der Waals surface area contributed by atoms with Crippen LogP contribution in [0.2, 0.25) is 0 Å². The second-order valence-corrected chi connectivity index (χ2v) is 5.38. The molecule has 4 rings (SSSR count). The molecule has 4 heteroatoms. The standard InChI is InChI=1S/C19H15N3O/c23-17-8-7-14(15-6-3-10-20-18(15)17)12-22-19-16-5-2-1-4-13(16)9-11-21-19/h1-11,23H,12H2,(H,21,22). The van der Waals surface area contributed by atoms with Crippen LogP contribution >= 0.6 is 0 Å². The molecule has 0 fully saturated rings. The summed E-state index contributed by atoms with van der Waals surface area (Å²) in [7, 11) is 0. The molecule has 2 heterocycles. The molecule has 112 valence electrons. The Morgan fingerprint density at radius 2 is 1.70 bits per heavy atom. The SMILES string of the molecule is Oc1ccc(CNc2nccc3ccccc23)c2cccnc12. The number of fused-ring (bicyclic) bond motifs is 2. The number of pyridine rings is 2.